The summed E-state index contributed by atoms with van der Waals surface area (Å²) < 4.78 is 0. The summed E-state index contributed by atoms with van der Waals surface area (Å²) in [6.07, 6.45) is 0. The van der Waals surface area contributed by atoms with Crippen molar-refractivity contribution < 1.29 is 14.7 Å². The van der Waals surface area contributed by atoms with Gasteiger partial charge in [-0.15, -0.1) is 0 Å². The van der Waals surface area contributed by atoms with Crippen LogP contribution in [-0.2, 0) is 4.79 Å². The fourth-order valence-corrected chi connectivity index (χ4v) is 1.43. The molecule has 0 aliphatic heterocycles. The van der Waals surface area contributed by atoms with Gasteiger partial charge in [0, 0.05) is 19.2 Å². The molecule has 1 aromatic carbocycles. The predicted octanol–water partition coefficient (Wildman–Crippen LogP) is 0.894. The Bertz CT molecular complexity index is 438. The lowest BCUT2D eigenvalue weighted by molar-refractivity contribution is -0.128. The molecule has 5 nitrogen and oxygen atoms in total. The van der Waals surface area contributed by atoms with E-state index in [0.29, 0.717) is 5.56 Å². The third-order valence-corrected chi connectivity index (χ3v) is 2.66. The molecule has 98 valence electrons. The van der Waals surface area contributed by atoms with Crippen LogP contribution in [0, 0.1) is 5.41 Å². The van der Waals surface area contributed by atoms with Gasteiger partial charge in [0.25, 0.3) is 5.91 Å². The molecule has 1 rings (SSSR count). The number of carbonyl (C=O) groups excluding carboxylic acids is 2. The summed E-state index contributed by atoms with van der Waals surface area (Å²) in [6.45, 7) is 3.75. The highest BCUT2D eigenvalue weighted by Crippen LogP contribution is 2.14. The van der Waals surface area contributed by atoms with Crippen LogP contribution in [0.1, 0.15) is 24.2 Å². The molecule has 0 unspecified atom stereocenters. The lowest BCUT2D eigenvalue weighted by Crippen LogP contribution is -2.43. The van der Waals surface area contributed by atoms with E-state index in [0.717, 1.165) is 0 Å². The Kier molecular flexibility index (Phi) is 4.31. The van der Waals surface area contributed by atoms with Gasteiger partial charge in [-0.3, -0.25) is 9.59 Å². The first-order valence-electron chi connectivity index (χ1n) is 5.66. The monoisotopic (exact) mass is 250 g/mol. The Hall–Kier alpha value is -2.04. The summed E-state index contributed by atoms with van der Waals surface area (Å²) in [4.78, 5) is 23.3. The van der Waals surface area contributed by atoms with Gasteiger partial charge in [-0.1, -0.05) is 0 Å². The molecular formula is C13H18N2O3. The summed E-state index contributed by atoms with van der Waals surface area (Å²) in [5, 5.41) is 14.4. The number of phenols is 1. The van der Waals surface area contributed by atoms with Crippen LogP contribution in [-0.4, -0.2) is 30.5 Å². The third-order valence-electron chi connectivity index (χ3n) is 2.66. The minimum absolute atomic E-state index is 0.109. The average Bonchev–Trinajstić information content (AvgIpc) is 2.35. The number of hydrogen-bond donors (Lipinski definition) is 3. The molecule has 0 saturated carbocycles. The van der Waals surface area contributed by atoms with Gasteiger partial charge in [-0.2, -0.15) is 0 Å². The zero-order valence-electron chi connectivity index (χ0n) is 10.8. The molecular weight excluding hydrogens is 232 g/mol. The largest absolute Gasteiger partial charge is 0.508 e. The van der Waals surface area contributed by atoms with E-state index in [1.807, 2.05) is 0 Å². The molecule has 0 atom stereocenters. The summed E-state index contributed by atoms with van der Waals surface area (Å²) in [6, 6.07) is 5.94. The van der Waals surface area contributed by atoms with E-state index < -0.39 is 5.41 Å². The Balaban J connectivity index is 2.61. The molecule has 0 aromatic heterocycles. The minimum Gasteiger partial charge on any atom is -0.508 e. The second-order valence-corrected chi connectivity index (χ2v) is 4.69. The van der Waals surface area contributed by atoms with Gasteiger partial charge in [-0.25, -0.2) is 0 Å². The second kappa shape index (κ2) is 5.53. The fourth-order valence-electron chi connectivity index (χ4n) is 1.43. The molecule has 2 amide bonds. The highest BCUT2D eigenvalue weighted by molar-refractivity contribution is 5.94. The SMILES string of the molecule is CNC(=O)C(C)(C)CNC(=O)c1ccc(O)cc1. The number of hydrogen-bond acceptors (Lipinski definition) is 3. The van der Waals surface area contributed by atoms with Crippen LogP contribution < -0.4 is 10.6 Å². The molecule has 0 aliphatic carbocycles. The van der Waals surface area contributed by atoms with Gasteiger partial charge in [0.15, 0.2) is 0 Å². The van der Waals surface area contributed by atoms with Crippen molar-refractivity contribution in [2.45, 2.75) is 13.8 Å². The number of nitrogens with one attached hydrogen (secondary N) is 2. The Morgan fingerprint density at radius 3 is 2.28 bits per heavy atom. The quantitative estimate of drug-likeness (QED) is 0.742. The van der Waals surface area contributed by atoms with E-state index in [1.54, 1.807) is 20.9 Å². The molecule has 0 radical (unpaired) electrons. The van der Waals surface area contributed by atoms with Crippen molar-refractivity contribution in [3.05, 3.63) is 29.8 Å². The van der Waals surface area contributed by atoms with Gasteiger partial charge in [0.2, 0.25) is 5.91 Å². The molecule has 0 heterocycles. The maximum atomic E-state index is 11.8. The topological polar surface area (TPSA) is 78.4 Å². The van der Waals surface area contributed by atoms with E-state index >= 15 is 0 Å². The maximum absolute atomic E-state index is 11.8. The molecule has 0 aliphatic rings. The first-order chi connectivity index (χ1) is 8.36. The van der Waals surface area contributed by atoms with Crippen molar-refractivity contribution in [1.82, 2.24) is 10.6 Å². The highest BCUT2D eigenvalue weighted by atomic mass is 16.3. The zero-order chi connectivity index (χ0) is 13.8. The van der Waals surface area contributed by atoms with E-state index in [9.17, 15) is 9.59 Å². The van der Waals surface area contributed by atoms with Crippen molar-refractivity contribution >= 4 is 11.8 Å². The van der Waals surface area contributed by atoms with Crippen LogP contribution in [0.5, 0.6) is 5.75 Å². The molecule has 5 heteroatoms. The maximum Gasteiger partial charge on any atom is 0.251 e. The highest BCUT2D eigenvalue weighted by Gasteiger charge is 2.27. The Morgan fingerprint density at radius 2 is 1.78 bits per heavy atom. The Labute approximate surface area is 106 Å². The van der Waals surface area contributed by atoms with Crippen LogP contribution >= 0.6 is 0 Å². The van der Waals surface area contributed by atoms with Gasteiger partial charge >= 0.3 is 0 Å². The predicted molar refractivity (Wildman–Crippen MR) is 68.3 cm³/mol. The van der Waals surface area contributed by atoms with Crippen LogP contribution in [0.2, 0.25) is 0 Å². The summed E-state index contributed by atoms with van der Waals surface area (Å²) in [5.74, 6) is -0.294. The molecule has 3 N–H and O–H groups in total. The molecule has 18 heavy (non-hydrogen) atoms. The first-order valence-corrected chi connectivity index (χ1v) is 5.66. The zero-order valence-corrected chi connectivity index (χ0v) is 10.8. The van der Waals surface area contributed by atoms with E-state index in [2.05, 4.69) is 10.6 Å². The lowest BCUT2D eigenvalue weighted by atomic mass is 9.92. The first kappa shape index (κ1) is 14.0. The number of carbonyl (C=O) groups is 2. The van der Waals surface area contributed by atoms with Crippen LogP contribution in [0.15, 0.2) is 24.3 Å². The van der Waals surface area contributed by atoms with Crippen molar-refractivity contribution in [1.29, 1.82) is 0 Å². The smallest absolute Gasteiger partial charge is 0.251 e. The number of aromatic hydroxyl groups is 1. The molecule has 0 fully saturated rings. The van der Waals surface area contributed by atoms with Crippen molar-refractivity contribution in [3.63, 3.8) is 0 Å². The van der Waals surface area contributed by atoms with Gasteiger partial charge < -0.3 is 15.7 Å². The standard InChI is InChI=1S/C13H18N2O3/c1-13(2,12(18)14-3)8-15-11(17)9-4-6-10(16)7-5-9/h4-7,16H,8H2,1-3H3,(H,14,18)(H,15,17). The van der Waals surface area contributed by atoms with Crippen LogP contribution in [0.3, 0.4) is 0 Å². The normalized spacial score (nSPS) is 10.8. The number of amides is 2. The minimum atomic E-state index is -0.665. The average molecular weight is 250 g/mol. The number of phenolic OH excluding ortho intramolecular Hbond substituents is 1. The van der Waals surface area contributed by atoms with Gasteiger partial charge in [0.05, 0.1) is 5.41 Å². The van der Waals surface area contributed by atoms with Gasteiger partial charge in [0.1, 0.15) is 5.75 Å². The number of benzene rings is 1. The molecule has 0 bridgehead atoms. The van der Waals surface area contributed by atoms with Crippen molar-refractivity contribution in [2.24, 2.45) is 5.41 Å². The summed E-state index contributed by atoms with van der Waals surface area (Å²) >= 11 is 0. The summed E-state index contributed by atoms with van der Waals surface area (Å²) in [5.41, 5.74) is -0.220. The molecule has 0 saturated heterocycles. The van der Waals surface area contributed by atoms with E-state index in [1.165, 1.54) is 24.3 Å². The van der Waals surface area contributed by atoms with Crippen LogP contribution in [0.25, 0.3) is 0 Å². The van der Waals surface area contributed by atoms with Crippen LogP contribution in [0.4, 0.5) is 0 Å². The molecule has 0 spiro atoms. The second-order valence-electron chi connectivity index (χ2n) is 4.69. The molecule has 1 aromatic rings. The summed E-state index contributed by atoms with van der Waals surface area (Å²) in [7, 11) is 1.56. The lowest BCUT2D eigenvalue weighted by Gasteiger charge is -2.22. The number of rotatable bonds is 4. The van der Waals surface area contributed by atoms with Gasteiger partial charge in [-0.05, 0) is 38.1 Å². The van der Waals surface area contributed by atoms with Crippen molar-refractivity contribution in [3.8, 4) is 5.75 Å². The van der Waals surface area contributed by atoms with E-state index in [-0.39, 0.29) is 24.1 Å². The Morgan fingerprint density at radius 1 is 1.22 bits per heavy atom. The van der Waals surface area contributed by atoms with Crippen molar-refractivity contribution in [2.75, 3.05) is 13.6 Å². The third kappa shape index (κ3) is 3.48. The van der Waals surface area contributed by atoms with E-state index in [4.69, 9.17) is 5.11 Å². The fraction of sp³-hybridized carbons (Fsp3) is 0.385.